The molecule has 3 aliphatic rings. The maximum atomic E-state index is 13.9. The van der Waals surface area contributed by atoms with Gasteiger partial charge in [-0.2, -0.15) is 0 Å². The van der Waals surface area contributed by atoms with Gasteiger partial charge in [-0.3, -0.25) is 0 Å². The number of ether oxygens (including phenoxy) is 2. The number of hydrogen-bond acceptors (Lipinski definition) is 4. The fraction of sp³-hybridized carbons (Fsp3) is 0.667. The number of hydrogen-bond donors (Lipinski definition) is 1. The Hall–Kier alpha value is -1.24. The van der Waals surface area contributed by atoms with Crippen molar-refractivity contribution >= 4 is 5.69 Å². The number of rotatable bonds is 3. The Kier molecular flexibility index (Phi) is 4.45. The third kappa shape index (κ3) is 3.15. The second kappa shape index (κ2) is 6.58. The highest BCUT2D eigenvalue weighted by atomic mass is 19.1. The zero-order valence-corrected chi connectivity index (χ0v) is 13.8. The van der Waals surface area contributed by atoms with Crippen LogP contribution in [0, 0.1) is 11.6 Å². The Bertz CT molecular complexity index is 562. The predicted molar refractivity (Wildman–Crippen MR) is 87.0 cm³/mol. The number of nitrogens with zero attached hydrogens (tertiary/aromatic N) is 1. The summed E-state index contributed by atoms with van der Waals surface area (Å²) in [6.07, 6.45) is 4.78. The Balaban J connectivity index is 1.32. The largest absolute Gasteiger partial charge is 0.365 e. The van der Waals surface area contributed by atoms with Gasteiger partial charge < -0.3 is 19.7 Å². The summed E-state index contributed by atoms with van der Waals surface area (Å²) in [6.45, 7) is 2.72. The molecule has 1 atom stereocenters. The summed E-state index contributed by atoms with van der Waals surface area (Å²) in [4.78, 5) is 1.82. The second-order valence-electron chi connectivity index (χ2n) is 7.05. The maximum Gasteiger partial charge on any atom is 0.168 e. The monoisotopic (exact) mass is 338 g/mol. The normalized spacial score (nSPS) is 27.2. The van der Waals surface area contributed by atoms with Crippen molar-refractivity contribution in [1.29, 1.82) is 0 Å². The van der Waals surface area contributed by atoms with E-state index >= 15 is 0 Å². The van der Waals surface area contributed by atoms with Gasteiger partial charge in [0, 0.05) is 38.0 Å². The van der Waals surface area contributed by atoms with Crippen LogP contribution in [0.3, 0.4) is 0 Å². The van der Waals surface area contributed by atoms with Gasteiger partial charge in [-0.25, -0.2) is 8.78 Å². The average Bonchev–Trinajstić information content (AvgIpc) is 3.20. The first-order chi connectivity index (χ1) is 11.7. The Morgan fingerprint density at radius 1 is 1.00 bits per heavy atom. The van der Waals surface area contributed by atoms with E-state index in [2.05, 4.69) is 5.32 Å². The molecule has 132 valence electrons. The average molecular weight is 338 g/mol. The van der Waals surface area contributed by atoms with Crippen LogP contribution in [0.25, 0.3) is 0 Å². The van der Waals surface area contributed by atoms with Gasteiger partial charge in [0.05, 0.1) is 13.2 Å². The summed E-state index contributed by atoms with van der Waals surface area (Å²) in [5, 5.41) is 3.67. The molecule has 1 spiro atoms. The summed E-state index contributed by atoms with van der Waals surface area (Å²) in [7, 11) is 0. The highest BCUT2D eigenvalue weighted by Crippen LogP contribution is 2.36. The minimum Gasteiger partial charge on any atom is -0.365 e. The molecule has 24 heavy (non-hydrogen) atoms. The molecule has 3 fully saturated rings. The fourth-order valence-corrected chi connectivity index (χ4v) is 4.23. The van der Waals surface area contributed by atoms with Crippen LogP contribution in [0.5, 0.6) is 0 Å². The molecule has 0 bridgehead atoms. The summed E-state index contributed by atoms with van der Waals surface area (Å²) in [5.41, 5.74) is 0.108. The maximum absolute atomic E-state index is 13.9. The topological polar surface area (TPSA) is 33.7 Å². The van der Waals surface area contributed by atoms with Gasteiger partial charge in [-0.15, -0.1) is 0 Å². The fourth-order valence-electron chi connectivity index (χ4n) is 4.23. The van der Waals surface area contributed by atoms with E-state index in [-0.39, 0.29) is 17.5 Å². The molecule has 2 saturated heterocycles. The van der Waals surface area contributed by atoms with E-state index in [1.165, 1.54) is 18.2 Å². The summed E-state index contributed by atoms with van der Waals surface area (Å²) >= 11 is 0. The first-order valence-electron chi connectivity index (χ1n) is 8.88. The molecule has 1 aliphatic carbocycles. The first kappa shape index (κ1) is 16.2. The van der Waals surface area contributed by atoms with Crippen molar-refractivity contribution in [3.8, 4) is 0 Å². The van der Waals surface area contributed by atoms with Crippen LogP contribution in [-0.2, 0) is 9.47 Å². The molecule has 0 amide bonds. The van der Waals surface area contributed by atoms with E-state index in [0.29, 0.717) is 32.3 Å². The quantitative estimate of drug-likeness (QED) is 0.919. The lowest BCUT2D eigenvalue weighted by atomic mass is 9.89. The molecule has 0 aromatic heterocycles. The summed E-state index contributed by atoms with van der Waals surface area (Å²) < 4.78 is 39.4. The molecule has 4 nitrogen and oxygen atoms in total. The van der Waals surface area contributed by atoms with Crippen LogP contribution in [0.15, 0.2) is 18.2 Å². The van der Waals surface area contributed by atoms with Gasteiger partial charge in [0.15, 0.2) is 5.79 Å². The van der Waals surface area contributed by atoms with E-state index in [1.807, 2.05) is 4.90 Å². The van der Waals surface area contributed by atoms with E-state index in [1.54, 1.807) is 0 Å². The molecule has 2 aliphatic heterocycles. The molecule has 1 N–H and O–H groups in total. The summed E-state index contributed by atoms with van der Waals surface area (Å²) in [5.74, 6) is -1.30. The standard InChI is InChI=1S/C18H24F2N2O2/c19-15-2-1-3-16(20)17(15)22-9-6-14(12-22)21-13-4-7-18(8-5-13)23-10-11-24-18/h1-3,13-14,21H,4-12H2/t14-/m1/s1. The minimum atomic E-state index is -0.481. The molecule has 0 radical (unpaired) electrons. The van der Waals surface area contributed by atoms with E-state index in [9.17, 15) is 8.78 Å². The van der Waals surface area contributed by atoms with Crippen LogP contribution < -0.4 is 10.2 Å². The zero-order valence-electron chi connectivity index (χ0n) is 13.8. The van der Waals surface area contributed by atoms with Crippen LogP contribution in [0.1, 0.15) is 32.1 Å². The number of para-hydroxylation sites is 1. The lowest BCUT2D eigenvalue weighted by molar-refractivity contribution is -0.179. The molecule has 6 heteroatoms. The number of benzene rings is 1. The highest BCUT2D eigenvalue weighted by Gasteiger charge is 2.41. The number of halogens is 2. The van der Waals surface area contributed by atoms with Crippen molar-refractivity contribution in [2.75, 3.05) is 31.2 Å². The van der Waals surface area contributed by atoms with Gasteiger partial charge in [0.2, 0.25) is 0 Å². The Labute approximate surface area is 141 Å². The molecule has 1 saturated carbocycles. The van der Waals surface area contributed by atoms with Crippen molar-refractivity contribution in [2.45, 2.75) is 50.0 Å². The van der Waals surface area contributed by atoms with Crippen LogP contribution in [0.4, 0.5) is 14.5 Å². The van der Waals surface area contributed by atoms with E-state index in [0.717, 1.165) is 32.1 Å². The van der Waals surface area contributed by atoms with Crippen molar-refractivity contribution in [1.82, 2.24) is 5.32 Å². The molecule has 1 aromatic rings. The highest BCUT2D eigenvalue weighted by molar-refractivity contribution is 5.50. The molecule has 1 aromatic carbocycles. The van der Waals surface area contributed by atoms with Gasteiger partial charge in [-0.1, -0.05) is 6.07 Å². The molecular formula is C18H24F2N2O2. The molecular weight excluding hydrogens is 314 g/mol. The zero-order chi connectivity index (χ0) is 16.6. The van der Waals surface area contributed by atoms with Crippen molar-refractivity contribution < 1.29 is 18.3 Å². The van der Waals surface area contributed by atoms with Crippen molar-refractivity contribution in [3.63, 3.8) is 0 Å². The number of nitrogens with one attached hydrogen (secondary N) is 1. The predicted octanol–water partition coefficient (Wildman–Crippen LogP) is 2.82. The van der Waals surface area contributed by atoms with Crippen molar-refractivity contribution in [2.24, 2.45) is 0 Å². The van der Waals surface area contributed by atoms with Crippen LogP contribution in [-0.4, -0.2) is 44.2 Å². The molecule has 4 rings (SSSR count). The third-order valence-corrected chi connectivity index (χ3v) is 5.47. The van der Waals surface area contributed by atoms with Gasteiger partial charge in [0.25, 0.3) is 0 Å². The third-order valence-electron chi connectivity index (χ3n) is 5.47. The van der Waals surface area contributed by atoms with E-state index < -0.39 is 11.6 Å². The smallest absolute Gasteiger partial charge is 0.168 e. The SMILES string of the molecule is Fc1cccc(F)c1N1CC[C@@H](NC2CCC3(CC2)OCCO3)C1. The van der Waals surface area contributed by atoms with Crippen LogP contribution in [0.2, 0.25) is 0 Å². The molecule has 2 heterocycles. The van der Waals surface area contributed by atoms with E-state index in [4.69, 9.17) is 9.47 Å². The van der Waals surface area contributed by atoms with Gasteiger partial charge in [-0.05, 0) is 31.4 Å². The van der Waals surface area contributed by atoms with Gasteiger partial charge in [0.1, 0.15) is 17.3 Å². The minimum absolute atomic E-state index is 0.108. The lowest BCUT2D eigenvalue weighted by Crippen LogP contribution is -2.46. The second-order valence-corrected chi connectivity index (χ2v) is 7.05. The lowest BCUT2D eigenvalue weighted by Gasteiger charge is -2.36. The Morgan fingerprint density at radius 3 is 2.33 bits per heavy atom. The van der Waals surface area contributed by atoms with Gasteiger partial charge >= 0.3 is 0 Å². The Morgan fingerprint density at radius 2 is 1.67 bits per heavy atom. The summed E-state index contributed by atoms with van der Waals surface area (Å²) in [6, 6.07) is 4.75. The number of anilines is 1. The van der Waals surface area contributed by atoms with Crippen molar-refractivity contribution in [3.05, 3.63) is 29.8 Å². The van der Waals surface area contributed by atoms with Crippen LogP contribution >= 0.6 is 0 Å². The first-order valence-corrected chi connectivity index (χ1v) is 8.88. The molecule has 0 unspecified atom stereocenters.